The van der Waals surface area contributed by atoms with Crippen LogP contribution in [0.5, 0.6) is 5.75 Å². The number of ether oxygens (including phenoxy) is 1. The summed E-state index contributed by atoms with van der Waals surface area (Å²) in [5.41, 5.74) is 0.863. The summed E-state index contributed by atoms with van der Waals surface area (Å²) in [4.78, 5) is 26.7. The number of fused-ring (bicyclic) bond motifs is 1. The van der Waals surface area contributed by atoms with Gasteiger partial charge in [0.25, 0.3) is 11.5 Å². The zero-order valence-corrected chi connectivity index (χ0v) is 12.0. The van der Waals surface area contributed by atoms with Crippen LogP contribution < -0.4 is 15.6 Å². The van der Waals surface area contributed by atoms with Gasteiger partial charge in [0.15, 0.2) is 11.6 Å². The number of rotatable bonds is 2. The van der Waals surface area contributed by atoms with Gasteiger partial charge >= 0.3 is 0 Å². The second kappa shape index (κ2) is 5.63. The minimum atomic E-state index is -0.483. The Kier molecular flexibility index (Phi) is 3.66. The van der Waals surface area contributed by atoms with Crippen LogP contribution >= 0.6 is 0 Å². The average Bonchev–Trinajstić information content (AvgIpc) is 2.48. The number of aromatic amines is 1. The van der Waals surface area contributed by atoms with Crippen molar-refractivity contribution in [1.29, 1.82) is 0 Å². The molecular formula is C16H15FN2O3. The highest BCUT2D eigenvalue weighted by molar-refractivity contribution is 5.94. The number of carbonyl (C=O) groups excluding carboxylic acids is 1. The first-order valence-corrected chi connectivity index (χ1v) is 6.98. The smallest absolute Gasteiger partial charge is 0.260 e. The van der Waals surface area contributed by atoms with Crippen LogP contribution in [0.15, 0.2) is 35.1 Å². The molecule has 0 radical (unpaired) electrons. The third-order valence-corrected chi connectivity index (χ3v) is 3.63. The zero-order valence-electron chi connectivity index (χ0n) is 12.0. The molecule has 1 atom stereocenters. The second-order valence-corrected chi connectivity index (χ2v) is 5.21. The van der Waals surface area contributed by atoms with E-state index in [-0.39, 0.29) is 17.4 Å². The normalized spacial score (nSPS) is 16.5. The summed E-state index contributed by atoms with van der Waals surface area (Å²) in [6.45, 7) is 2.05. The molecule has 2 heterocycles. The van der Waals surface area contributed by atoms with Crippen molar-refractivity contribution in [3.8, 4) is 5.75 Å². The van der Waals surface area contributed by atoms with Gasteiger partial charge in [-0.15, -0.1) is 0 Å². The lowest BCUT2D eigenvalue weighted by molar-refractivity contribution is 0.0922. The first kappa shape index (κ1) is 14.3. The Bertz CT molecular complexity index is 785. The number of hydrogen-bond donors (Lipinski definition) is 2. The lowest BCUT2D eigenvalue weighted by Crippen LogP contribution is -2.35. The van der Waals surface area contributed by atoms with E-state index in [4.69, 9.17) is 4.74 Å². The molecule has 1 aromatic carbocycles. The first-order chi connectivity index (χ1) is 10.6. The molecule has 0 fully saturated rings. The molecule has 0 saturated heterocycles. The number of amides is 1. The second-order valence-electron chi connectivity index (χ2n) is 5.21. The van der Waals surface area contributed by atoms with Crippen LogP contribution in [-0.4, -0.2) is 17.5 Å². The number of hydrogen-bond acceptors (Lipinski definition) is 3. The number of nitrogens with one attached hydrogen (secondary N) is 2. The molecule has 2 N–H and O–H groups in total. The predicted molar refractivity (Wildman–Crippen MR) is 78.5 cm³/mol. The minimum absolute atomic E-state index is 0.0371. The summed E-state index contributed by atoms with van der Waals surface area (Å²) in [5.74, 6) is -0.773. The fraction of sp³-hybridized carbons (Fsp3) is 0.250. The third kappa shape index (κ3) is 2.59. The summed E-state index contributed by atoms with van der Waals surface area (Å²) >= 11 is 0. The maximum absolute atomic E-state index is 13.7. The molecule has 0 aliphatic carbocycles. The number of benzene rings is 1. The molecule has 1 aliphatic rings. The average molecular weight is 302 g/mol. The number of halogens is 1. The van der Waals surface area contributed by atoms with Crippen molar-refractivity contribution in [1.82, 2.24) is 10.3 Å². The highest BCUT2D eigenvalue weighted by Gasteiger charge is 2.26. The van der Waals surface area contributed by atoms with Gasteiger partial charge in [-0.2, -0.15) is 0 Å². The summed E-state index contributed by atoms with van der Waals surface area (Å²) < 4.78 is 19.0. The number of pyridine rings is 1. The van der Waals surface area contributed by atoms with E-state index in [1.165, 1.54) is 12.1 Å². The molecule has 1 amide bonds. The summed E-state index contributed by atoms with van der Waals surface area (Å²) in [6.07, 6.45) is 0.520. The molecule has 0 spiro atoms. The number of carbonyl (C=O) groups is 1. The van der Waals surface area contributed by atoms with Gasteiger partial charge in [-0.1, -0.05) is 12.1 Å². The largest absolute Gasteiger partial charge is 0.490 e. The van der Waals surface area contributed by atoms with Crippen molar-refractivity contribution < 1.29 is 13.9 Å². The minimum Gasteiger partial charge on any atom is -0.490 e. The van der Waals surface area contributed by atoms with Crippen LogP contribution in [0.4, 0.5) is 4.39 Å². The Morgan fingerprint density at radius 2 is 2.18 bits per heavy atom. The van der Waals surface area contributed by atoms with Crippen LogP contribution in [0.25, 0.3) is 0 Å². The highest BCUT2D eigenvalue weighted by Crippen LogP contribution is 2.34. The van der Waals surface area contributed by atoms with Crippen molar-refractivity contribution in [3.05, 3.63) is 63.3 Å². The van der Waals surface area contributed by atoms with Gasteiger partial charge in [0, 0.05) is 17.7 Å². The van der Waals surface area contributed by atoms with Gasteiger partial charge in [-0.25, -0.2) is 4.39 Å². The summed E-state index contributed by atoms with van der Waals surface area (Å²) in [7, 11) is 0. The molecule has 1 unspecified atom stereocenters. The van der Waals surface area contributed by atoms with Crippen molar-refractivity contribution in [2.24, 2.45) is 0 Å². The first-order valence-electron chi connectivity index (χ1n) is 6.98. The maximum atomic E-state index is 13.7. The topological polar surface area (TPSA) is 71.2 Å². The Morgan fingerprint density at radius 3 is 2.95 bits per heavy atom. The standard InChI is InChI=1S/C16H15FN2O3/c1-9-5-6-11(15(20)18-9)16(21)19-13-7-8-22-14-10(13)3-2-4-12(14)17/h2-6,13H,7-8H2,1H3,(H,18,20)(H,19,21). The van der Waals surface area contributed by atoms with Crippen LogP contribution in [0.1, 0.15) is 34.1 Å². The molecule has 22 heavy (non-hydrogen) atoms. The summed E-state index contributed by atoms with van der Waals surface area (Å²) in [5, 5.41) is 2.77. The quantitative estimate of drug-likeness (QED) is 0.892. The lowest BCUT2D eigenvalue weighted by atomic mass is 10.00. The molecule has 5 nitrogen and oxygen atoms in total. The van der Waals surface area contributed by atoms with E-state index in [9.17, 15) is 14.0 Å². The van der Waals surface area contributed by atoms with Crippen LogP contribution in [0.3, 0.4) is 0 Å². The Hall–Kier alpha value is -2.63. The van der Waals surface area contributed by atoms with Crippen LogP contribution in [-0.2, 0) is 0 Å². The zero-order chi connectivity index (χ0) is 15.7. The summed E-state index contributed by atoms with van der Waals surface area (Å²) in [6, 6.07) is 7.35. The van der Waals surface area contributed by atoms with E-state index in [1.807, 2.05) is 0 Å². The van der Waals surface area contributed by atoms with E-state index in [2.05, 4.69) is 10.3 Å². The number of H-pyrrole nitrogens is 1. The molecular weight excluding hydrogens is 287 g/mol. The lowest BCUT2D eigenvalue weighted by Gasteiger charge is -2.26. The molecule has 0 saturated carbocycles. The molecule has 6 heteroatoms. The van der Waals surface area contributed by atoms with Gasteiger partial charge in [0.2, 0.25) is 0 Å². The van der Waals surface area contributed by atoms with Gasteiger partial charge in [-0.3, -0.25) is 9.59 Å². The highest BCUT2D eigenvalue weighted by atomic mass is 19.1. The fourth-order valence-corrected chi connectivity index (χ4v) is 2.52. The SMILES string of the molecule is Cc1ccc(C(=O)NC2CCOc3c(F)cccc32)c(=O)[nH]1. The maximum Gasteiger partial charge on any atom is 0.260 e. The van der Waals surface area contributed by atoms with Gasteiger partial charge in [0.05, 0.1) is 12.6 Å². The molecule has 1 aliphatic heterocycles. The van der Waals surface area contributed by atoms with Crippen molar-refractivity contribution >= 4 is 5.91 Å². The van der Waals surface area contributed by atoms with E-state index < -0.39 is 17.3 Å². The van der Waals surface area contributed by atoms with Gasteiger partial charge in [0.1, 0.15) is 5.56 Å². The fourth-order valence-electron chi connectivity index (χ4n) is 2.52. The van der Waals surface area contributed by atoms with Crippen molar-refractivity contribution in [3.63, 3.8) is 0 Å². The monoisotopic (exact) mass is 302 g/mol. The number of aryl methyl sites for hydroxylation is 1. The van der Waals surface area contributed by atoms with E-state index in [1.54, 1.807) is 25.1 Å². The number of aromatic nitrogens is 1. The molecule has 3 rings (SSSR count). The van der Waals surface area contributed by atoms with Gasteiger partial charge < -0.3 is 15.0 Å². The van der Waals surface area contributed by atoms with Crippen molar-refractivity contribution in [2.75, 3.05) is 6.61 Å². The molecule has 2 aromatic rings. The van der Waals surface area contributed by atoms with E-state index >= 15 is 0 Å². The molecule has 0 bridgehead atoms. The molecule has 114 valence electrons. The van der Waals surface area contributed by atoms with E-state index in [0.717, 1.165) is 0 Å². The molecule has 1 aromatic heterocycles. The number of para-hydroxylation sites is 1. The van der Waals surface area contributed by atoms with Gasteiger partial charge in [-0.05, 0) is 25.1 Å². The Balaban J connectivity index is 1.87. The van der Waals surface area contributed by atoms with Crippen LogP contribution in [0.2, 0.25) is 0 Å². The predicted octanol–water partition coefficient (Wildman–Crippen LogP) is 2.08. The van der Waals surface area contributed by atoms with E-state index in [0.29, 0.717) is 24.3 Å². The van der Waals surface area contributed by atoms with Crippen LogP contribution in [0, 0.1) is 12.7 Å². The third-order valence-electron chi connectivity index (χ3n) is 3.63. The Labute approximate surface area is 126 Å². The van der Waals surface area contributed by atoms with Crippen molar-refractivity contribution in [2.45, 2.75) is 19.4 Å². The Morgan fingerprint density at radius 1 is 1.36 bits per heavy atom.